The maximum absolute atomic E-state index is 12.7. The van der Waals surface area contributed by atoms with Crippen molar-refractivity contribution in [3.8, 4) is 11.1 Å². The quantitative estimate of drug-likeness (QED) is 0.918. The molecule has 0 fully saturated rings. The van der Waals surface area contributed by atoms with E-state index in [2.05, 4.69) is 0 Å². The van der Waals surface area contributed by atoms with Gasteiger partial charge in [0.05, 0.1) is 11.5 Å². The van der Waals surface area contributed by atoms with Crippen molar-refractivity contribution in [2.75, 3.05) is 13.2 Å². The number of benzene rings is 1. The minimum atomic E-state index is -0.0179. The van der Waals surface area contributed by atoms with Crippen molar-refractivity contribution >= 4 is 17.2 Å². The normalized spacial score (nSPS) is 10.8. The molecule has 1 aromatic carbocycles. The first-order valence-electron chi connectivity index (χ1n) is 6.70. The molecule has 1 N–H and O–H groups in total. The van der Waals surface area contributed by atoms with E-state index < -0.39 is 0 Å². The fourth-order valence-corrected chi connectivity index (χ4v) is 3.02. The summed E-state index contributed by atoms with van der Waals surface area (Å²) in [6.45, 7) is 4.27. The van der Waals surface area contributed by atoms with Crippen LogP contribution in [0.3, 0.4) is 0 Å². The predicted molar refractivity (Wildman–Crippen MR) is 83.0 cm³/mol. The van der Waals surface area contributed by atoms with E-state index in [1.54, 1.807) is 4.90 Å². The number of carbonyl (C=O) groups is 1. The van der Waals surface area contributed by atoms with Crippen LogP contribution in [0, 0.1) is 0 Å². The molecule has 3 nitrogen and oxygen atoms in total. The third-order valence-corrected chi connectivity index (χ3v) is 4.07. The van der Waals surface area contributed by atoms with Gasteiger partial charge in [-0.05, 0) is 30.9 Å². The molecular formula is C16H19NO2S. The third kappa shape index (κ3) is 3.08. The maximum atomic E-state index is 12.7. The number of carbonyl (C=O) groups excluding carboxylic acids is 1. The molecule has 0 saturated heterocycles. The molecule has 106 valence electrons. The number of rotatable bonds is 5. The van der Waals surface area contributed by atoms with E-state index in [-0.39, 0.29) is 18.6 Å². The van der Waals surface area contributed by atoms with Crippen LogP contribution < -0.4 is 0 Å². The Labute approximate surface area is 123 Å². The van der Waals surface area contributed by atoms with Crippen LogP contribution in [0.1, 0.15) is 23.5 Å². The summed E-state index contributed by atoms with van der Waals surface area (Å²) in [6, 6.07) is 12.0. The molecule has 2 aromatic rings. The largest absolute Gasteiger partial charge is 0.395 e. The van der Waals surface area contributed by atoms with Crippen LogP contribution in [-0.2, 0) is 0 Å². The number of nitrogens with zero attached hydrogens (tertiary/aromatic N) is 1. The van der Waals surface area contributed by atoms with E-state index >= 15 is 0 Å². The fourth-order valence-electron chi connectivity index (χ4n) is 2.15. The third-order valence-electron chi connectivity index (χ3n) is 3.17. The first-order valence-corrected chi connectivity index (χ1v) is 7.58. The van der Waals surface area contributed by atoms with Crippen molar-refractivity contribution in [1.82, 2.24) is 4.90 Å². The van der Waals surface area contributed by atoms with Gasteiger partial charge in [-0.2, -0.15) is 0 Å². The second-order valence-corrected chi connectivity index (χ2v) is 5.76. The first-order chi connectivity index (χ1) is 9.65. The molecule has 0 aliphatic rings. The maximum Gasteiger partial charge on any atom is 0.264 e. The molecule has 2 rings (SSSR count). The standard InChI is InChI=1S/C16H19NO2S/c1-12(2)17(9-10-18)16(19)15-14(8-11-20-15)13-6-4-3-5-7-13/h3-8,11-12,18H,9-10H2,1-2H3. The van der Waals surface area contributed by atoms with Gasteiger partial charge in [-0.25, -0.2) is 0 Å². The van der Waals surface area contributed by atoms with Gasteiger partial charge < -0.3 is 10.0 Å². The van der Waals surface area contributed by atoms with Crippen molar-refractivity contribution < 1.29 is 9.90 Å². The van der Waals surface area contributed by atoms with Crippen LogP contribution in [0.2, 0.25) is 0 Å². The lowest BCUT2D eigenvalue weighted by molar-refractivity contribution is 0.0671. The van der Waals surface area contributed by atoms with E-state index in [1.807, 2.05) is 55.6 Å². The molecule has 1 aromatic heterocycles. The number of aliphatic hydroxyl groups is 1. The van der Waals surface area contributed by atoms with Crippen LogP contribution in [0.25, 0.3) is 11.1 Å². The van der Waals surface area contributed by atoms with Gasteiger partial charge in [-0.15, -0.1) is 11.3 Å². The highest BCUT2D eigenvalue weighted by molar-refractivity contribution is 7.12. The monoisotopic (exact) mass is 289 g/mol. The van der Waals surface area contributed by atoms with E-state index in [9.17, 15) is 4.79 Å². The summed E-state index contributed by atoms with van der Waals surface area (Å²) in [4.78, 5) is 15.1. The molecule has 1 heterocycles. The number of aliphatic hydroxyl groups excluding tert-OH is 1. The summed E-state index contributed by atoms with van der Waals surface area (Å²) in [7, 11) is 0. The molecule has 0 aliphatic carbocycles. The second kappa shape index (κ2) is 6.68. The van der Waals surface area contributed by atoms with Gasteiger partial charge in [0.25, 0.3) is 5.91 Å². The molecule has 0 saturated carbocycles. The zero-order valence-corrected chi connectivity index (χ0v) is 12.6. The number of thiophene rings is 1. The Bertz CT molecular complexity index is 563. The van der Waals surface area contributed by atoms with Gasteiger partial charge in [-0.3, -0.25) is 4.79 Å². The molecule has 0 unspecified atom stereocenters. The molecular weight excluding hydrogens is 270 g/mol. The Hall–Kier alpha value is -1.65. The molecule has 1 amide bonds. The molecule has 0 radical (unpaired) electrons. The lowest BCUT2D eigenvalue weighted by Crippen LogP contribution is -2.38. The van der Waals surface area contributed by atoms with E-state index in [0.717, 1.165) is 16.0 Å². The Kier molecular flexibility index (Phi) is 4.93. The average molecular weight is 289 g/mol. The lowest BCUT2D eigenvalue weighted by atomic mass is 10.1. The Morgan fingerprint density at radius 2 is 1.95 bits per heavy atom. The van der Waals surface area contributed by atoms with Crippen LogP contribution in [0.15, 0.2) is 41.8 Å². The van der Waals surface area contributed by atoms with Crippen molar-refractivity contribution in [2.24, 2.45) is 0 Å². The highest BCUT2D eigenvalue weighted by atomic mass is 32.1. The number of amides is 1. The second-order valence-electron chi connectivity index (χ2n) is 4.85. The van der Waals surface area contributed by atoms with Crippen molar-refractivity contribution in [2.45, 2.75) is 19.9 Å². The predicted octanol–water partition coefficient (Wildman–Crippen LogP) is 3.26. The lowest BCUT2D eigenvalue weighted by Gasteiger charge is -2.25. The van der Waals surface area contributed by atoms with Crippen molar-refractivity contribution in [3.05, 3.63) is 46.7 Å². The molecule has 0 aliphatic heterocycles. The van der Waals surface area contributed by atoms with Crippen LogP contribution in [0.4, 0.5) is 0 Å². The highest BCUT2D eigenvalue weighted by Crippen LogP contribution is 2.29. The topological polar surface area (TPSA) is 40.5 Å². The Balaban J connectivity index is 2.34. The fraction of sp³-hybridized carbons (Fsp3) is 0.312. The molecule has 20 heavy (non-hydrogen) atoms. The summed E-state index contributed by atoms with van der Waals surface area (Å²) in [6.07, 6.45) is 0. The van der Waals surface area contributed by atoms with Gasteiger partial charge >= 0.3 is 0 Å². The first kappa shape index (κ1) is 14.8. The summed E-state index contributed by atoms with van der Waals surface area (Å²) in [5.74, 6) is -0.0112. The van der Waals surface area contributed by atoms with Gasteiger partial charge in [0.2, 0.25) is 0 Å². The van der Waals surface area contributed by atoms with Gasteiger partial charge in [0.15, 0.2) is 0 Å². The summed E-state index contributed by atoms with van der Waals surface area (Å²) >= 11 is 1.45. The highest BCUT2D eigenvalue weighted by Gasteiger charge is 2.22. The van der Waals surface area contributed by atoms with Gasteiger partial charge in [0, 0.05) is 18.2 Å². The van der Waals surface area contributed by atoms with Crippen LogP contribution >= 0.6 is 11.3 Å². The smallest absolute Gasteiger partial charge is 0.264 e. The zero-order valence-electron chi connectivity index (χ0n) is 11.7. The van der Waals surface area contributed by atoms with Crippen LogP contribution in [-0.4, -0.2) is 35.1 Å². The van der Waals surface area contributed by atoms with Crippen LogP contribution in [0.5, 0.6) is 0 Å². The minimum Gasteiger partial charge on any atom is -0.395 e. The minimum absolute atomic E-state index is 0.0112. The average Bonchev–Trinajstić information content (AvgIpc) is 2.94. The number of hydrogen-bond acceptors (Lipinski definition) is 3. The molecule has 0 atom stereocenters. The Morgan fingerprint density at radius 1 is 1.25 bits per heavy atom. The number of hydrogen-bond donors (Lipinski definition) is 1. The SMILES string of the molecule is CC(C)N(CCO)C(=O)c1sccc1-c1ccccc1. The van der Waals surface area contributed by atoms with Gasteiger partial charge in [0.1, 0.15) is 0 Å². The van der Waals surface area contributed by atoms with Gasteiger partial charge in [-0.1, -0.05) is 30.3 Å². The molecule has 4 heteroatoms. The van der Waals surface area contributed by atoms with E-state index in [4.69, 9.17) is 5.11 Å². The molecule has 0 bridgehead atoms. The zero-order chi connectivity index (χ0) is 14.5. The molecule has 0 spiro atoms. The summed E-state index contributed by atoms with van der Waals surface area (Å²) in [5, 5.41) is 11.1. The Morgan fingerprint density at radius 3 is 2.55 bits per heavy atom. The van der Waals surface area contributed by atoms with Crippen molar-refractivity contribution in [1.29, 1.82) is 0 Å². The summed E-state index contributed by atoms with van der Waals surface area (Å²) < 4.78 is 0. The van der Waals surface area contributed by atoms with Crippen molar-refractivity contribution in [3.63, 3.8) is 0 Å². The summed E-state index contributed by atoms with van der Waals surface area (Å²) in [5.41, 5.74) is 2.01. The van der Waals surface area contributed by atoms with E-state index in [1.165, 1.54) is 11.3 Å². The van der Waals surface area contributed by atoms with E-state index in [0.29, 0.717) is 6.54 Å².